The molecule has 1 N–H and O–H groups in total. The Balaban J connectivity index is 2.29. The van der Waals surface area contributed by atoms with Crippen LogP contribution in [0.4, 0.5) is 4.79 Å². The maximum Gasteiger partial charge on any atom is 0.407 e. The summed E-state index contributed by atoms with van der Waals surface area (Å²) in [5.41, 5.74) is 1.01. The zero-order valence-corrected chi connectivity index (χ0v) is 11.2. The molecule has 5 heteroatoms. The number of carboxylic acid groups (broad SMARTS) is 1. The molecule has 1 amide bonds. The molecule has 1 aromatic heterocycles. The van der Waals surface area contributed by atoms with Gasteiger partial charge < -0.3 is 5.11 Å². The molecule has 1 fully saturated rings. The number of carbonyl (C=O) groups is 1. The second-order valence-corrected chi connectivity index (χ2v) is 5.43. The van der Waals surface area contributed by atoms with E-state index in [1.165, 1.54) is 0 Å². The van der Waals surface area contributed by atoms with Crippen LogP contribution >= 0.6 is 0 Å². The molecule has 5 nitrogen and oxygen atoms in total. The summed E-state index contributed by atoms with van der Waals surface area (Å²) in [5.74, 6) is 0.438. The molecule has 1 aliphatic rings. The lowest BCUT2D eigenvalue weighted by atomic mass is 9.92. The van der Waals surface area contributed by atoms with Crippen molar-refractivity contribution in [2.45, 2.75) is 45.7 Å². The molecule has 0 saturated carbocycles. The maximum atomic E-state index is 11.4. The van der Waals surface area contributed by atoms with Gasteiger partial charge in [0.15, 0.2) is 0 Å². The molecule has 0 aromatic carbocycles. The summed E-state index contributed by atoms with van der Waals surface area (Å²) >= 11 is 0. The second kappa shape index (κ2) is 5.00. The Morgan fingerprint density at radius 1 is 1.50 bits per heavy atom. The SMILES string of the molecule is CC1CCC(c2ccnn2C(C)C)N(C(=O)O)C1. The molecule has 18 heavy (non-hydrogen) atoms. The van der Waals surface area contributed by atoms with Crippen LogP contribution in [0.15, 0.2) is 12.3 Å². The van der Waals surface area contributed by atoms with Gasteiger partial charge in [0.1, 0.15) is 0 Å². The molecule has 0 aliphatic carbocycles. The fraction of sp³-hybridized carbons (Fsp3) is 0.692. The first-order valence-corrected chi connectivity index (χ1v) is 6.53. The molecule has 2 atom stereocenters. The molecular weight excluding hydrogens is 230 g/mol. The van der Waals surface area contributed by atoms with Crippen molar-refractivity contribution in [1.82, 2.24) is 14.7 Å². The lowest BCUT2D eigenvalue weighted by Gasteiger charge is -2.37. The Hall–Kier alpha value is -1.52. The number of likely N-dealkylation sites (tertiary alicyclic amines) is 1. The van der Waals surface area contributed by atoms with Gasteiger partial charge in [-0.1, -0.05) is 6.92 Å². The molecule has 1 aliphatic heterocycles. The van der Waals surface area contributed by atoms with Gasteiger partial charge in [0, 0.05) is 18.8 Å². The number of hydrogen-bond donors (Lipinski definition) is 1. The third-order valence-corrected chi connectivity index (χ3v) is 3.59. The minimum Gasteiger partial charge on any atom is -0.465 e. The Kier molecular flexibility index (Phi) is 3.59. The average molecular weight is 251 g/mol. The molecule has 100 valence electrons. The van der Waals surface area contributed by atoms with E-state index in [0.29, 0.717) is 12.5 Å². The van der Waals surface area contributed by atoms with E-state index in [4.69, 9.17) is 0 Å². The van der Waals surface area contributed by atoms with E-state index in [-0.39, 0.29) is 12.1 Å². The van der Waals surface area contributed by atoms with Crippen molar-refractivity contribution < 1.29 is 9.90 Å². The van der Waals surface area contributed by atoms with Crippen molar-refractivity contribution in [3.8, 4) is 0 Å². The van der Waals surface area contributed by atoms with E-state index in [1.807, 2.05) is 10.7 Å². The monoisotopic (exact) mass is 251 g/mol. The standard InChI is InChI=1S/C13H21N3O2/c1-9(2)16-12(6-7-14-16)11-5-4-10(3)8-15(11)13(17)18/h6-7,9-11H,4-5,8H2,1-3H3,(H,17,18). The van der Waals surface area contributed by atoms with Gasteiger partial charge in [-0.05, 0) is 38.7 Å². The minimum atomic E-state index is -0.831. The van der Waals surface area contributed by atoms with E-state index in [0.717, 1.165) is 18.5 Å². The van der Waals surface area contributed by atoms with E-state index in [1.54, 1.807) is 11.1 Å². The summed E-state index contributed by atoms with van der Waals surface area (Å²) < 4.78 is 1.93. The minimum absolute atomic E-state index is 0.0522. The topological polar surface area (TPSA) is 58.4 Å². The highest BCUT2D eigenvalue weighted by molar-refractivity contribution is 5.65. The van der Waals surface area contributed by atoms with Crippen LogP contribution < -0.4 is 0 Å². The summed E-state index contributed by atoms with van der Waals surface area (Å²) in [6, 6.07) is 2.14. The van der Waals surface area contributed by atoms with E-state index < -0.39 is 6.09 Å². The molecular formula is C13H21N3O2. The quantitative estimate of drug-likeness (QED) is 0.879. The summed E-state index contributed by atoms with van der Waals surface area (Å²) in [4.78, 5) is 12.9. The number of nitrogens with zero attached hydrogens (tertiary/aromatic N) is 3. The first kappa shape index (κ1) is 12.9. The smallest absolute Gasteiger partial charge is 0.407 e. The number of aromatic nitrogens is 2. The number of piperidine rings is 1. The zero-order chi connectivity index (χ0) is 13.3. The average Bonchev–Trinajstić information content (AvgIpc) is 2.77. The van der Waals surface area contributed by atoms with Gasteiger partial charge >= 0.3 is 6.09 Å². The second-order valence-electron chi connectivity index (χ2n) is 5.43. The van der Waals surface area contributed by atoms with Crippen molar-refractivity contribution >= 4 is 6.09 Å². The third kappa shape index (κ3) is 2.35. The van der Waals surface area contributed by atoms with Crippen LogP contribution in [-0.4, -0.2) is 32.4 Å². The molecule has 1 saturated heterocycles. The Morgan fingerprint density at radius 2 is 2.22 bits per heavy atom. The van der Waals surface area contributed by atoms with Crippen LogP contribution in [0, 0.1) is 5.92 Å². The van der Waals surface area contributed by atoms with Gasteiger partial charge in [0.2, 0.25) is 0 Å². The first-order valence-electron chi connectivity index (χ1n) is 6.53. The highest BCUT2D eigenvalue weighted by Gasteiger charge is 2.32. The zero-order valence-electron chi connectivity index (χ0n) is 11.2. The van der Waals surface area contributed by atoms with E-state index >= 15 is 0 Å². The molecule has 2 rings (SSSR count). The molecule has 0 bridgehead atoms. The van der Waals surface area contributed by atoms with Gasteiger partial charge in [-0.25, -0.2) is 4.79 Å². The number of hydrogen-bond acceptors (Lipinski definition) is 2. The summed E-state index contributed by atoms with van der Waals surface area (Å²) in [6.45, 7) is 6.84. The van der Waals surface area contributed by atoms with Crippen molar-refractivity contribution in [2.24, 2.45) is 5.92 Å². The summed E-state index contributed by atoms with van der Waals surface area (Å²) in [6.07, 6.45) is 2.87. The summed E-state index contributed by atoms with van der Waals surface area (Å²) in [7, 11) is 0. The summed E-state index contributed by atoms with van der Waals surface area (Å²) in [5, 5.41) is 13.7. The van der Waals surface area contributed by atoms with Crippen molar-refractivity contribution in [3.05, 3.63) is 18.0 Å². The Labute approximate surface area is 107 Å². The molecule has 0 radical (unpaired) electrons. The van der Waals surface area contributed by atoms with Crippen LogP contribution in [0.1, 0.15) is 51.4 Å². The van der Waals surface area contributed by atoms with Gasteiger partial charge in [-0.15, -0.1) is 0 Å². The van der Waals surface area contributed by atoms with Crippen LogP contribution in [0.25, 0.3) is 0 Å². The molecule has 2 heterocycles. The maximum absolute atomic E-state index is 11.4. The predicted molar refractivity (Wildman–Crippen MR) is 68.5 cm³/mol. The molecule has 2 unspecified atom stereocenters. The van der Waals surface area contributed by atoms with Crippen LogP contribution in [-0.2, 0) is 0 Å². The predicted octanol–water partition coefficient (Wildman–Crippen LogP) is 2.92. The highest BCUT2D eigenvalue weighted by atomic mass is 16.4. The third-order valence-electron chi connectivity index (χ3n) is 3.59. The van der Waals surface area contributed by atoms with Crippen LogP contribution in [0.2, 0.25) is 0 Å². The van der Waals surface area contributed by atoms with Gasteiger partial charge in [0.25, 0.3) is 0 Å². The van der Waals surface area contributed by atoms with Gasteiger partial charge in [-0.3, -0.25) is 9.58 Å². The molecule has 0 spiro atoms. The van der Waals surface area contributed by atoms with Crippen molar-refractivity contribution in [3.63, 3.8) is 0 Å². The number of amides is 1. The van der Waals surface area contributed by atoms with Crippen LogP contribution in [0.5, 0.6) is 0 Å². The van der Waals surface area contributed by atoms with Crippen LogP contribution in [0.3, 0.4) is 0 Å². The lowest BCUT2D eigenvalue weighted by Crippen LogP contribution is -2.41. The lowest BCUT2D eigenvalue weighted by molar-refractivity contribution is 0.0862. The normalized spacial score (nSPS) is 24.6. The fourth-order valence-electron chi connectivity index (χ4n) is 2.69. The van der Waals surface area contributed by atoms with Crippen molar-refractivity contribution in [2.75, 3.05) is 6.54 Å². The highest BCUT2D eigenvalue weighted by Crippen LogP contribution is 2.33. The largest absolute Gasteiger partial charge is 0.465 e. The van der Waals surface area contributed by atoms with Gasteiger partial charge in [-0.2, -0.15) is 5.10 Å². The fourth-order valence-corrected chi connectivity index (χ4v) is 2.69. The van der Waals surface area contributed by atoms with E-state index in [9.17, 15) is 9.90 Å². The Morgan fingerprint density at radius 3 is 2.83 bits per heavy atom. The number of rotatable bonds is 2. The molecule has 1 aromatic rings. The Bertz CT molecular complexity index is 428. The van der Waals surface area contributed by atoms with Crippen molar-refractivity contribution in [1.29, 1.82) is 0 Å². The first-order chi connectivity index (χ1) is 8.50. The van der Waals surface area contributed by atoms with Gasteiger partial charge in [0.05, 0.1) is 11.7 Å². The van der Waals surface area contributed by atoms with E-state index in [2.05, 4.69) is 25.9 Å².